The van der Waals surface area contributed by atoms with Gasteiger partial charge in [0.05, 0.1) is 23.6 Å². The Bertz CT molecular complexity index is 959. The summed E-state index contributed by atoms with van der Waals surface area (Å²) < 4.78 is 11.7. The standard InChI is InChI=1S/C18H15N3O2S/c1-2-22-14-8-11(9-19)6-7-13(14)23-17-16-12-4-3-5-15(12)24-18(16)21-10-20-17/h6-8,10H,2-5H2,1H3. The molecule has 0 amide bonds. The highest BCUT2D eigenvalue weighted by atomic mass is 32.1. The summed E-state index contributed by atoms with van der Waals surface area (Å²) in [5.41, 5.74) is 1.85. The molecule has 0 saturated heterocycles. The van der Waals surface area contributed by atoms with Gasteiger partial charge in [-0.25, -0.2) is 9.97 Å². The lowest BCUT2D eigenvalue weighted by molar-refractivity contribution is 0.320. The summed E-state index contributed by atoms with van der Waals surface area (Å²) in [6.07, 6.45) is 4.86. The number of nitriles is 1. The van der Waals surface area contributed by atoms with E-state index < -0.39 is 0 Å². The van der Waals surface area contributed by atoms with Gasteiger partial charge >= 0.3 is 0 Å². The first-order chi connectivity index (χ1) is 11.8. The number of ether oxygens (including phenoxy) is 2. The molecule has 0 spiro atoms. The third kappa shape index (κ3) is 2.47. The van der Waals surface area contributed by atoms with Gasteiger partial charge in [-0.15, -0.1) is 11.3 Å². The van der Waals surface area contributed by atoms with Crippen LogP contribution < -0.4 is 9.47 Å². The van der Waals surface area contributed by atoms with Crippen LogP contribution in [0.1, 0.15) is 29.3 Å². The third-order valence-electron chi connectivity index (χ3n) is 4.05. The van der Waals surface area contributed by atoms with E-state index in [0.717, 1.165) is 23.1 Å². The maximum Gasteiger partial charge on any atom is 0.231 e. The number of benzene rings is 1. The van der Waals surface area contributed by atoms with Crippen LogP contribution in [-0.2, 0) is 12.8 Å². The number of hydrogen-bond acceptors (Lipinski definition) is 6. The average Bonchev–Trinajstić information content (AvgIpc) is 3.17. The summed E-state index contributed by atoms with van der Waals surface area (Å²) in [7, 11) is 0. The van der Waals surface area contributed by atoms with Crippen molar-refractivity contribution >= 4 is 21.6 Å². The van der Waals surface area contributed by atoms with Crippen LogP contribution in [0, 0.1) is 11.3 Å². The van der Waals surface area contributed by atoms with Gasteiger partial charge in [0.1, 0.15) is 11.2 Å². The van der Waals surface area contributed by atoms with Crippen molar-refractivity contribution in [3.8, 4) is 23.4 Å². The van der Waals surface area contributed by atoms with Crippen LogP contribution in [0.5, 0.6) is 17.4 Å². The molecule has 2 aromatic heterocycles. The van der Waals surface area contributed by atoms with Crippen LogP contribution in [0.25, 0.3) is 10.2 Å². The largest absolute Gasteiger partial charge is 0.490 e. The van der Waals surface area contributed by atoms with Crippen LogP contribution in [0.3, 0.4) is 0 Å². The van der Waals surface area contributed by atoms with E-state index in [1.807, 2.05) is 6.92 Å². The SMILES string of the molecule is CCOc1cc(C#N)ccc1Oc1ncnc2sc3c(c12)CCC3. The van der Waals surface area contributed by atoms with Crippen molar-refractivity contribution in [1.82, 2.24) is 9.97 Å². The predicted octanol–water partition coefficient (Wildman–Crippen LogP) is 4.24. The molecule has 0 unspecified atom stereocenters. The van der Waals surface area contributed by atoms with E-state index in [1.54, 1.807) is 29.5 Å². The first-order valence-electron chi connectivity index (χ1n) is 7.90. The first-order valence-corrected chi connectivity index (χ1v) is 8.72. The molecule has 120 valence electrons. The normalized spacial score (nSPS) is 12.8. The maximum atomic E-state index is 9.06. The van der Waals surface area contributed by atoms with Crippen molar-refractivity contribution < 1.29 is 9.47 Å². The number of thiophene rings is 1. The lowest BCUT2D eigenvalue weighted by Gasteiger charge is -2.12. The van der Waals surface area contributed by atoms with E-state index in [-0.39, 0.29) is 0 Å². The average molecular weight is 337 g/mol. The zero-order valence-corrected chi connectivity index (χ0v) is 14.0. The van der Waals surface area contributed by atoms with Gasteiger partial charge in [-0.05, 0) is 43.9 Å². The van der Waals surface area contributed by atoms with Gasteiger partial charge in [-0.2, -0.15) is 5.26 Å². The third-order valence-corrected chi connectivity index (χ3v) is 5.25. The van der Waals surface area contributed by atoms with Crippen molar-refractivity contribution in [2.75, 3.05) is 6.61 Å². The zero-order valence-electron chi connectivity index (χ0n) is 13.2. The fraction of sp³-hybridized carbons (Fsp3) is 0.278. The van der Waals surface area contributed by atoms with E-state index in [4.69, 9.17) is 14.7 Å². The molecule has 1 aliphatic carbocycles. The molecule has 4 rings (SSSR count). The molecule has 0 atom stereocenters. The fourth-order valence-electron chi connectivity index (χ4n) is 3.01. The quantitative estimate of drug-likeness (QED) is 0.712. The minimum Gasteiger partial charge on any atom is -0.490 e. The zero-order chi connectivity index (χ0) is 16.5. The van der Waals surface area contributed by atoms with Gasteiger partial charge < -0.3 is 9.47 Å². The Balaban J connectivity index is 1.79. The molecule has 6 heteroatoms. The number of nitrogens with zero attached hydrogens (tertiary/aromatic N) is 3. The molecule has 24 heavy (non-hydrogen) atoms. The van der Waals surface area contributed by atoms with Crippen LogP contribution >= 0.6 is 11.3 Å². The summed E-state index contributed by atoms with van der Waals surface area (Å²) >= 11 is 1.73. The van der Waals surface area contributed by atoms with Gasteiger partial charge in [-0.1, -0.05) is 0 Å². The molecular formula is C18H15N3O2S. The molecule has 1 aromatic carbocycles. The second-order valence-corrected chi connectivity index (χ2v) is 6.61. The highest BCUT2D eigenvalue weighted by molar-refractivity contribution is 7.18. The second-order valence-electron chi connectivity index (χ2n) is 5.52. The van der Waals surface area contributed by atoms with Crippen molar-refractivity contribution in [2.24, 2.45) is 0 Å². The minimum absolute atomic E-state index is 0.498. The van der Waals surface area contributed by atoms with Gasteiger partial charge in [0.25, 0.3) is 0 Å². The summed E-state index contributed by atoms with van der Waals surface area (Å²) in [4.78, 5) is 11.1. The monoisotopic (exact) mass is 337 g/mol. The van der Waals surface area contributed by atoms with Crippen LogP contribution in [0.4, 0.5) is 0 Å². The summed E-state index contributed by atoms with van der Waals surface area (Å²) in [5, 5.41) is 10.1. The van der Waals surface area contributed by atoms with E-state index >= 15 is 0 Å². The van der Waals surface area contributed by atoms with Crippen molar-refractivity contribution in [1.29, 1.82) is 5.26 Å². The Morgan fingerprint density at radius 3 is 3.00 bits per heavy atom. The van der Waals surface area contributed by atoms with Crippen molar-refractivity contribution in [2.45, 2.75) is 26.2 Å². The molecular weight excluding hydrogens is 322 g/mol. The molecule has 3 aromatic rings. The van der Waals surface area contributed by atoms with Crippen LogP contribution in [0.15, 0.2) is 24.5 Å². The second kappa shape index (κ2) is 6.10. The fourth-order valence-corrected chi connectivity index (χ4v) is 4.23. The molecule has 0 saturated carbocycles. The molecule has 0 radical (unpaired) electrons. The smallest absolute Gasteiger partial charge is 0.231 e. The first kappa shape index (κ1) is 14.9. The number of rotatable bonds is 4. The Kier molecular flexibility index (Phi) is 3.79. The number of aryl methyl sites for hydroxylation is 2. The Hall–Kier alpha value is -2.65. The van der Waals surface area contributed by atoms with E-state index in [1.165, 1.54) is 23.2 Å². The lowest BCUT2D eigenvalue weighted by atomic mass is 10.2. The highest BCUT2D eigenvalue weighted by Gasteiger charge is 2.22. The molecule has 0 fully saturated rings. The summed E-state index contributed by atoms with van der Waals surface area (Å²) in [5.74, 6) is 1.68. The van der Waals surface area contributed by atoms with Crippen molar-refractivity contribution in [3.05, 3.63) is 40.5 Å². The molecule has 0 aliphatic heterocycles. The number of fused-ring (bicyclic) bond motifs is 3. The maximum absolute atomic E-state index is 9.06. The van der Waals surface area contributed by atoms with Gasteiger partial charge in [0.15, 0.2) is 11.5 Å². The number of aromatic nitrogens is 2. The summed E-state index contributed by atoms with van der Waals surface area (Å²) in [6, 6.07) is 7.28. The molecule has 5 nitrogen and oxygen atoms in total. The lowest BCUT2D eigenvalue weighted by Crippen LogP contribution is -1.97. The molecule has 0 N–H and O–H groups in total. The van der Waals surface area contributed by atoms with E-state index in [2.05, 4.69) is 16.0 Å². The highest BCUT2D eigenvalue weighted by Crippen LogP contribution is 2.42. The van der Waals surface area contributed by atoms with E-state index in [9.17, 15) is 0 Å². The molecule has 0 bridgehead atoms. The van der Waals surface area contributed by atoms with Crippen LogP contribution in [-0.4, -0.2) is 16.6 Å². The predicted molar refractivity (Wildman–Crippen MR) is 91.8 cm³/mol. The minimum atomic E-state index is 0.498. The van der Waals surface area contributed by atoms with E-state index in [0.29, 0.717) is 29.5 Å². The topological polar surface area (TPSA) is 68.0 Å². The van der Waals surface area contributed by atoms with Gasteiger partial charge in [0, 0.05) is 10.9 Å². The number of hydrogen-bond donors (Lipinski definition) is 0. The van der Waals surface area contributed by atoms with Crippen molar-refractivity contribution in [3.63, 3.8) is 0 Å². The summed E-state index contributed by atoms with van der Waals surface area (Å²) in [6.45, 7) is 2.40. The molecule has 1 aliphatic rings. The van der Waals surface area contributed by atoms with Crippen LogP contribution in [0.2, 0.25) is 0 Å². The van der Waals surface area contributed by atoms with Gasteiger partial charge in [0.2, 0.25) is 5.88 Å². The molecule has 2 heterocycles. The Morgan fingerprint density at radius 1 is 1.25 bits per heavy atom. The van der Waals surface area contributed by atoms with Gasteiger partial charge in [-0.3, -0.25) is 0 Å². The Morgan fingerprint density at radius 2 is 2.17 bits per heavy atom. The Labute approximate surface area is 143 Å².